The van der Waals surface area contributed by atoms with Gasteiger partial charge in [0, 0.05) is 10.9 Å². The molecule has 0 saturated carbocycles. The summed E-state index contributed by atoms with van der Waals surface area (Å²) in [4.78, 5) is 16.5. The molecule has 1 aliphatic heterocycles. The van der Waals surface area contributed by atoms with Gasteiger partial charge in [-0.1, -0.05) is 12.1 Å². The number of hydrogen-bond donors (Lipinski definition) is 1. The molecule has 27 heavy (non-hydrogen) atoms. The van der Waals surface area contributed by atoms with E-state index in [1.165, 1.54) is 23.5 Å². The summed E-state index contributed by atoms with van der Waals surface area (Å²) in [5, 5.41) is 4.94. The van der Waals surface area contributed by atoms with Crippen LogP contribution in [0.25, 0.3) is 10.6 Å². The number of carbonyl (C=O) groups excluding carboxylic acids is 1. The molecule has 0 radical (unpaired) electrons. The molecule has 2 aromatic rings. The highest BCUT2D eigenvalue weighted by Gasteiger charge is 2.39. The minimum atomic E-state index is -4.39. The SMILES string of the molecule is CC1(NC(=O)Cc2csc(-c3ccc(C(F)(F)F)cc3)n2)CCS(=O)(=O)C1. The highest BCUT2D eigenvalue weighted by atomic mass is 32.2. The quantitative estimate of drug-likeness (QED) is 0.828. The average Bonchev–Trinajstić information content (AvgIpc) is 3.10. The Morgan fingerprint density at radius 2 is 1.96 bits per heavy atom. The lowest BCUT2D eigenvalue weighted by Gasteiger charge is -2.23. The topological polar surface area (TPSA) is 76.1 Å². The van der Waals surface area contributed by atoms with Gasteiger partial charge in [-0.25, -0.2) is 13.4 Å². The third-order valence-electron chi connectivity index (χ3n) is 4.30. The van der Waals surface area contributed by atoms with Gasteiger partial charge in [0.05, 0.1) is 34.7 Å². The van der Waals surface area contributed by atoms with Gasteiger partial charge >= 0.3 is 6.18 Å². The fourth-order valence-electron chi connectivity index (χ4n) is 2.98. The predicted molar refractivity (Wildman–Crippen MR) is 96.1 cm³/mol. The van der Waals surface area contributed by atoms with Crippen molar-refractivity contribution in [3.63, 3.8) is 0 Å². The fraction of sp³-hybridized carbons (Fsp3) is 0.412. The molecule has 0 spiro atoms. The third kappa shape index (κ3) is 4.86. The van der Waals surface area contributed by atoms with Gasteiger partial charge in [0.15, 0.2) is 9.84 Å². The highest BCUT2D eigenvalue weighted by molar-refractivity contribution is 7.91. The largest absolute Gasteiger partial charge is 0.416 e. The first kappa shape index (κ1) is 19.8. The number of aromatic nitrogens is 1. The van der Waals surface area contributed by atoms with Crippen LogP contribution in [0.15, 0.2) is 29.6 Å². The molecule has 5 nitrogen and oxygen atoms in total. The van der Waals surface area contributed by atoms with Crippen LogP contribution < -0.4 is 5.32 Å². The zero-order chi connectivity index (χ0) is 19.9. The highest BCUT2D eigenvalue weighted by Crippen LogP contribution is 2.32. The van der Waals surface area contributed by atoms with Gasteiger partial charge in [0.2, 0.25) is 5.91 Å². The van der Waals surface area contributed by atoms with Crippen LogP contribution >= 0.6 is 11.3 Å². The second-order valence-corrected chi connectivity index (χ2v) is 9.89. The van der Waals surface area contributed by atoms with Crippen LogP contribution in [0.2, 0.25) is 0 Å². The lowest BCUT2D eigenvalue weighted by molar-refractivity contribution is -0.137. The Hall–Kier alpha value is -1.94. The van der Waals surface area contributed by atoms with E-state index in [-0.39, 0.29) is 23.8 Å². The van der Waals surface area contributed by atoms with Gasteiger partial charge in [-0.3, -0.25) is 4.79 Å². The number of halogens is 3. The molecule has 0 aliphatic carbocycles. The van der Waals surface area contributed by atoms with Crippen LogP contribution in [-0.2, 0) is 27.2 Å². The van der Waals surface area contributed by atoms with Gasteiger partial charge in [-0.05, 0) is 25.5 Å². The third-order valence-corrected chi connectivity index (χ3v) is 7.14. The summed E-state index contributed by atoms with van der Waals surface area (Å²) in [6, 6.07) is 4.67. The second kappa shape index (κ2) is 6.90. The molecule has 1 unspecified atom stereocenters. The molecule has 1 atom stereocenters. The van der Waals surface area contributed by atoms with Gasteiger partial charge < -0.3 is 5.32 Å². The summed E-state index contributed by atoms with van der Waals surface area (Å²) in [5.74, 6) is -0.364. The summed E-state index contributed by atoms with van der Waals surface area (Å²) in [6.07, 6.45) is -4.05. The number of thiazole rings is 1. The van der Waals surface area contributed by atoms with Crippen molar-refractivity contribution in [2.45, 2.75) is 31.5 Å². The number of nitrogens with one attached hydrogen (secondary N) is 1. The maximum absolute atomic E-state index is 12.6. The Kier molecular flexibility index (Phi) is 5.06. The molecule has 1 saturated heterocycles. The Bertz CT molecular complexity index is 953. The molecule has 1 aromatic carbocycles. The van der Waals surface area contributed by atoms with Crippen LogP contribution in [0.4, 0.5) is 13.2 Å². The molecular weight excluding hydrogens is 401 g/mol. The lowest BCUT2D eigenvalue weighted by atomic mass is 10.0. The number of hydrogen-bond acceptors (Lipinski definition) is 5. The van der Waals surface area contributed by atoms with Crippen molar-refractivity contribution >= 4 is 27.1 Å². The van der Waals surface area contributed by atoms with Crippen LogP contribution in [0.1, 0.15) is 24.6 Å². The monoisotopic (exact) mass is 418 g/mol. The standard InChI is InChI=1S/C17H17F3N2O3S2/c1-16(6-7-27(24,25)10-16)22-14(23)8-13-9-26-15(21-13)11-2-4-12(5-3-11)17(18,19)20/h2-5,9H,6-8,10H2,1H3,(H,22,23). The summed E-state index contributed by atoms with van der Waals surface area (Å²) in [5.41, 5.74) is -0.491. The van der Waals surface area contributed by atoms with Crippen molar-refractivity contribution in [2.75, 3.05) is 11.5 Å². The van der Waals surface area contributed by atoms with Gasteiger partial charge in [-0.2, -0.15) is 13.2 Å². The summed E-state index contributed by atoms with van der Waals surface area (Å²) >= 11 is 1.23. The molecule has 1 aliphatic rings. The normalized spacial score (nSPS) is 21.9. The molecule has 0 bridgehead atoms. The van der Waals surface area contributed by atoms with Crippen molar-refractivity contribution in [3.8, 4) is 10.6 Å². The molecular formula is C17H17F3N2O3S2. The van der Waals surface area contributed by atoms with Crippen LogP contribution in [0, 0.1) is 0 Å². The van der Waals surface area contributed by atoms with E-state index < -0.39 is 27.1 Å². The number of carbonyl (C=O) groups is 1. The molecule has 1 N–H and O–H groups in total. The minimum Gasteiger partial charge on any atom is -0.350 e. The maximum atomic E-state index is 12.6. The van der Waals surface area contributed by atoms with E-state index in [4.69, 9.17) is 0 Å². The van der Waals surface area contributed by atoms with E-state index in [1.807, 2.05) is 0 Å². The van der Waals surface area contributed by atoms with Crippen LogP contribution in [-0.4, -0.2) is 36.4 Å². The van der Waals surface area contributed by atoms with Crippen molar-refractivity contribution < 1.29 is 26.4 Å². The summed E-state index contributed by atoms with van der Waals surface area (Å²) < 4.78 is 61.1. The van der Waals surface area contributed by atoms with E-state index >= 15 is 0 Å². The number of sulfone groups is 1. The number of alkyl halides is 3. The Labute approximate surface area is 158 Å². The Balaban J connectivity index is 1.65. The van der Waals surface area contributed by atoms with E-state index in [2.05, 4.69) is 10.3 Å². The molecule has 1 aromatic heterocycles. The molecule has 1 amide bonds. The zero-order valence-corrected chi connectivity index (χ0v) is 16.0. The van der Waals surface area contributed by atoms with Crippen molar-refractivity contribution in [1.82, 2.24) is 10.3 Å². The van der Waals surface area contributed by atoms with Gasteiger partial charge in [0.25, 0.3) is 0 Å². The van der Waals surface area contributed by atoms with E-state index in [9.17, 15) is 26.4 Å². The minimum absolute atomic E-state index is 0.0211. The molecule has 10 heteroatoms. The van der Waals surface area contributed by atoms with Crippen LogP contribution in [0.5, 0.6) is 0 Å². The van der Waals surface area contributed by atoms with E-state index in [0.717, 1.165) is 12.1 Å². The molecule has 1 fully saturated rings. The first-order chi connectivity index (χ1) is 12.5. The zero-order valence-electron chi connectivity index (χ0n) is 14.3. The Morgan fingerprint density at radius 1 is 1.30 bits per heavy atom. The molecule has 146 valence electrons. The first-order valence-corrected chi connectivity index (χ1v) is 10.8. The van der Waals surface area contributed by atoms with Crippen molar-refractivity contribution in [3.05, 3.63) is 40.9 Å². The average molecular weight is 418 g/mol. The van der Waals surface area contributed by atoms with Crippen molar-refractivity contribution in [2.24, 2.45) is 0 Å². The number of benzene rings is 1. The van der Waals surface area contributed by atoms with Gasteiger partial charge in [-0.15, -0.1) is 11.3 Å². The van der Waals surface area contributed by atoms with Crippen LogP contribution in [0.3, 0.4) is 0 Å². The first-order valence-electron chi connectivity index (χ1n) is 8.09. The van der Waals surface area contributed by atoms with E-state index in [0.29, 0.717) is 22.7 Å². The number of amides is 1. The van der Waals surface area contributed by atoms with Gasteiger partial charge in [0.1, 0.15) is 5.01 Å². The summed E-state index contributed by atoms with van der Waals surface area (Å²) in [7, 11) is -3.13. The lowest BCUT2D eigenvalue weighted by Crippen LogP contribution is -2.47. The number of rotatable bonds is 4. The predicted octanol–water partition coefficient (Wildman–Crippen LogP) is 3.06. The second-order valence-electron chi connectivity index (χ2n) is 6.85. The summed E-state index contributed by atoms with van der Waals surface area (Å²) in [6.45, 7) is 1.70. The molecule has 3 rings (SSSR count). The molecule has 2 heterocycles. The fourth-order valence-corrected chi connectivity index (χ4v) is 5.90. The van der Waals surface area contributed by atoms with E-state index in [1.54, 1.807) is 12.3 Å². The van der Waals surface area contributed by atoms with Crippen molar-refractivity contribution in [1.29, 1.82) is 0 Å². The maximum Gasteiger partial charge on any atom is 0.416 e. The Morgan fingerprint density at radius 3 is 2.52 bits per heavy atom. The smallest absolute Gasteiger partial charge is 0.350 e. The number of nitrogens with zero attached hydrogens (tertiary/aromatic N) is 1.